The van der Waals surface area contributed by atoms with Crippen LogP contribution in [0.25, 0.3) is 0 Å². The highest BCUT2D eigenvalue weighted by Gasteiger charge is 2.16. The van der Waals surface area contributed by atoms with Gasteiger partial charge < -0.3 is 10.6 Å². The van der Waals surface area contributed by atoms with Crippen molar-refractivity contribution in [1.82, 2.24) is 5.32 Å². The normalized spacial score (nSPS) is 10.9. The van der Waals surface area contributed by atoms with E-state index in [1.807, 2.05) is 19.1 Å². The van der Waals surface area contributed by atoms with E-state index in [2.05, 4.69) is 15.4 Å². The van der Waals surface area contributed by atoms with E-state index < -0.39 is 16.1 Å². The van der Waals surface area contributed by atoms with Gasteiger partial charge in [-0.2, -0.15) is 0 Å². The van der Waals surface area contributed by atoms with Gasteiger partial charge in [0.15, 0.2) is 0 Å². The third kappa shape index (κ3) is 4.87. The van der Waals surface area contributed by atoms with Crippen LogP contribution in [0.2, 0.25) is 0 Å². The first kappa shape index (κ1) is 18.1. The summed E-state index contributed by atoms with van der Waals surface area (Å²) in [5.74, 6) is 0.294. The minimum absolute atomic E-state index is 0.0564. The monoisotopic (exact) mass is 367 g/mol. The minimum atomic E-state index is -3.75. The van der Waals surface area contributed by atoms with E-state index in [0.29, 0.717) is 23.8 Å². The summed E-state index contributed by atoms with van der Waals surface area (Å²) in [6.07, 6.45) is 0. The lowest BCUT2D eigenvalue weighted by atomic mass is 10.2. The Kier molecular flexibility index (Phi) is 6.05. The number of halogens is 1. The fraction of sp³-hybridized carbons (Fsp3) is 0.188. The Morgan fingerprint density at radius 2 is 1.88 bits per heavy atom. The zero-order chi connectivity index (χ0) is 17.6. The van der Waals surface area contributed by atoms with Gasteiger partial charge in [-0.3, -0.25) is 4.72 Å². The fourth-order valence-electron chi connectivity index (χ4n) is 1.97. The maximum Gasteiger partial charge on any atom is 0.319 e. The summed E-state index contributed by atoms with van der Waals surface area (Å²) >= 11 is 5.49. The lowest BCUT2D eigenvalue weighted by Crippen LogP contribution is -2.30. The molecule has 2 amide bonds. The van der Waals surface area contributed by atoms with E-state index in [4.69, 9.17) is 11.6 Å². The number of carbonyl (C=O) groups excluding carboxylic acids is 1. The third-order valence-corrected chi connectivity index (χ3v) is 4.72. The number of anilines is 2. The first-order valence-electron chi connectivity index (χ1n) is 7.22. The fourth-order valence-corrected chi connectivity index (χ4v) is 3.24. The van der Waals surface area contributed by atoms with E-state index in [0.717, 1.165) is 5.56 Å². The Morgan fingerprint density at radius 1 is 1.12 bits per heavy atom. The highest BCUT2D eigenvalue weighted by molar-refractivity contribution is 7.92. The first-order chi connectivity index (χ1) is 11.4. The second-order valence-electron chi connectivity index (χ2n) is 5.02. The quantitative estimate of drug-likeness (QED) is 0.685. The van der Waals surface area contributed by atoms with E-state index in [1.54, 1.807) is 24.3 Å². The summed E-state index contributed by atoms with van der Waals surface area (Å²) in [6, 6.07) is 12.7. The van der Waals surface area contributed by atoms with Crippen molar-refractivity contribution in [1.29, 1.82) is 0 Å². The molecule has 2 aromatic rings. The number of aryl methyl sites for hydroxylation is 1. The summed E-state index contributed by atoms with van der Waals surface area (Å²) in [7, 11) is -3.75. The van der Waals surface area contributed by atoms with Crippen molar-refractivity contribution in [2.24, 2.45) is 0 Å². The molecule has 0 aliphatic heterocycles. The number of para-hydroxylation sites is 1. The molecule has 3 N–H and O–H groups in total. The molecule has 2 rings (SSSR count). The van der Waals surface area contributed by atoms with Gasteiger partial charge in [0.25, 0.3) is 10.0 Å². The number of sulfonamides is 1. The minimum Gasteiger partial charge on any atom is -0.337 e. The number of carbonyl (C=O) groups is 1. The maximum absolute atomic E-state index is 12.5. The predicted octanol–water partition coefficient (Wildman–Crippen LogP) is 3.16. The zero-order valence-electron chi connectivity index (χ0n) is 13.0. The number of amides is 2. The van der Waals surface area contributed by atoms with Crippen LogP contribution in [0, 0.1) is 6.92 Å². The highest BCUT2D eigenvalue weighted by atomic mass is 35.5. The highest BCUT2D eigenvalue weighted by Crippen LogP contribution is 2.21. The van der Waals surface area contributed by atoms with Crippen molar-refractivity contribution in [2.75, 3.05) is 22.5 Å². The number of benzene rings is 2. The molecule has 128 valence electrons. The Labute approximate surface area is 146 Å². The molecule has 0 heterocycles. The molecule has 2 aromatic carbocycles. The van der Waals surface area contributed by atoms with Crippen LogP contribution in [0.3, 0.4) is 0 Å². The zero-order valence-corrected chi connectivity index (χ0v) is 14.6. The maximum atomic E-state index is 12.5. The van der Waals surface area contributed by atoms with Crippen molar-refractivity contribution in [2.45, 2.75) is 11.8 Å². The van der Waals surface area contributed by atoms with Crippen LogP contribution in [-0.4, -0.2) is 26.9 Å². The Balaban J connectivity index is 2.17. The second-order valence-corrected chi connectivity index (χ2v) is 7.08. The van der Waals surface area contributed by atoms with Gasteiger partial charge in [-0.1, -0.05) is 24.3 Å². The van der Waals surface area contributed by atoms with E-state index in [9.17, 15) is 13.2 Å². The number of nitrogens with one attached hydrogen (secondary N) is 3. The predicted molar refractivity (Wildman–Crippen MR) is 96.2 cm³/mol. The summed E-state index contributed by atoms with van der Waals surface area (Å²) in [6.45, 7) is 2.14. The number of rotatable bonds is 6. The molecule has 8 heteroatoms. The molecular weight excluding hydrogens is 350 g/mol. The van der Waals surface area contributed by atoms with Gasteiger partial charge in [0.2, 0.25) is 0 Å². The molecule has 0 bridgehead atoms. The van der Waals surface area contributed by atoms with E-state index >= 15 is 0 Å². The van der Waals surface area contributed by atoms with E-state index in [1.165, 1.54) is 12.1 Å². The molecule has 0 aromatic heterocycles. The SMILES string of the molecule is Cc1ccccc1NS(=O)(=O)c1cccc(NC(=O)NCCCl)c1. The van der Waals surface area contributed by atoms with Gasteiger partial charge in [0.05, 0.1) is 10.6 Å². The summed E-state index contributed by atoms with van der Waals surface area (Å²) in [5, 5.41) is 5.10. The van der Waals surface area contributed by atoms with Gasteiger partial charge in [0.1, 0.15) is 0 Å². The molecule has 0 saturated heterocycles. The van der Waals surface area contributed by atoms with Crippen LogP contribution in [0.1, 0.15) is 5.56 Å². The topological polar surface area (TPSA) is 87.3 Å². The average molecular weight is 368 g/mol. The largest absolute Gasteiger partial charge is 0.337 e. The Hall–Kier alpha value is -2.25. The smallest absolute Gasteiger partial charge is 0.319 e. The number of alkyl halides is 1. The van der Waals surface area contributed by atoms with Gasteiger partial charge in [-0.05, 0) is 36.8 Å². The summed E-state index contributed by atoms with van der Waals surface area (Å²) < 4.78 is 27.6. The first-order valence-corrected chi connectivity index (χ1v) is 9.23. The van der Waals surface area contributed by atoms with Crippen LogP contribution < -0.4 is 15.4 Å². The second kappa shape index (κ2) is 8.03. The molecule has 0 spiro atoms. The van der Waals surface area contributed by atoms with Gasteiger partial charge in [-0.25, -0.2) is 13.2 Å². The molecule has 0 radical (unpaired) electrons. The summed E-state index contributed by atoms with van der Waals surface area (Å²) in [4.78, 5) is 11.7. The van der Waals surface area contributed by atoms with E-state index in [-0.39, 0.29) is 4.90 Å². The van der Waals surface area contributed by atoms with Crippen LogP contribution in [0.4, 0.5) is 16.2 Å². The molecule has 0 aliphatic rings. The van der Waals surface area contributed by atoms with Crippen LogP contribution in [0.15, 0.2) is 53.4 Å². The van der Waals surface area contributed by atoms with Crippen LogP contribution in [0.5, 0.6) is 0 Å². The van der Waals surface area contributed by atoms with Crippen molar-refractivity contribution >= 4 is 39.0 Å². The molecule has 0 aliphatic carbocycles. The van der Waals surface area contributed by atoms with Crippen molar-refractivity contribution in [3.8, 4) is 0 Å². The summed E-state index contributed by atoms with van der Waals surface area (Å²) in [5.41, 5.74) is 1.70. The lowest BCUT2D eigenvalue weighted by Gasteiger charge is -2.12. The molecule has 0 saturated carbocycles. The number of hydrogen-bond acceptors (Lipinski definition) is 3. The number of urea groups is 1. The molecule has 0 atom stereocenters. The molecule has 0 fully saturated rings. The van der Waals surface area contributed by atoms with Gasteiger partial charge in [-0.15, -0.1) is 11.6 Å². The molecule has 24 heavy (non-hydrogen) atoms. The van der Waals surface area contributed by atoms with Gasteiger partial charge in [0, 0.05) is 18.1 Å². The number of hydrogen-bond donors (Lipinski definition) is 3. The van der Waals surface area contributed by atoms with Crippen molar-refractivity contribution in [3.05, 3.63) is 54.1 Å². The van der Waals surface area contributed by atoms with Crippen molar-refractivity contribution in [3.63, 3.8) is 0 Å². The van der Waals surface area contributed by atoms with Crippen molar-refractivity contribution < 1.29 is 13.2 Å². The third-order valence-electron chi connectivity index (χ3n) is 3.17. The Bertz CT molecular complexity index is 825. The van der Waals surface area contributed by atoms with Crippen LogP contribution >= 0.6 is 11.6 Å². The molecular formula is C16H18ClN3O3S. The standard InChI is InChI=1S/C16H18ClN3O3S/c1-12-5-2-3-8-15(12)20-24(22,23)14-7-4-6-13(11-14)19-16(21)18-10-9-17/h2-8,11,20H,9-10H2,1H3,(H2,18,19,21). The molecule has 6 nitrogen and oxygen atoms in total. The lowest BCUT2D eigenvalue weighted by molar-refractivity contribution is 0.252. The Morgan fingerprint density at radius 3 is 2.58 bits per heavy atom. The molecule has 0 unspecified atom stereocenters. The van der Waals surface area contributed by atoms with Crippen LogP contribution in [-0.2, 0) is 10.0 Å². The average Bonchev–Trinajstić information content (AvgIpc) is 2.55. The van der Waals surface area contributed by atoms with Gasteiger partial charge >= 0.3 is 6.03 Å².